The van der Waals surface area contributed by atoms with E-state index in [9.17, 15) is 4.57 Å². The van der Waals surface area contributed by atoms with E-state index in [1.165, 1.54) is 0 Å². The number of unbranched alkanes of at least 4 members (excludes halogenated alkanes) is 1. The van der Waals surface area contributed by atoms with Crippen LogP contribution in [0.4, 0.5) is 0 Å². The summed E-state index contributed by atoms with van der Waals surface area (Å²) in [5.41, 5.74) is 1.05. The highest BCUT2D eigenvalue weighted by atomic mass is 32.7. The average molecular weight is 398 g/mol. The van der Waals surface area contributed by atoms with Crippen molar-refractivity contribution in [2.45, 2.75) is 31.1 Å². The second-order valence-electron chi connectivity index (χ2n) is 6.06. The van der Waals surface area contributed by atoms with Crippen molar-refractivity contribution in [1.82, 2.24) is 0 Å². The first kappa shape index (κ1) is 19.6. The molecule has 3 rings (SSSR count). The largest absolute Gasteiger partial charge is 0.497 e. The highest BCUT2D eigenvalue weighted by molar-refractivity contribution is 8.55. The van der Waals surface area contributed by atoms with Gasteiger partial charge in [-0.3, -0.25) is 0 Å². The molecule has 3 aromatic carbocycles. The van der Waals surface area contributed by atoms with Crippen LogP contribution in [-0.4, -0.2) is 0 Å². The normalized spacial score (nSPS) is 12.9. The van der Waals surface area contributed by atoms with E-state index in [1.54, 1.807) is 12.1 Å². The zero-order chi connectivity index (χ0) is 19.0. The minimum absolute atomic E-state index is 0.523. The maximum Gasteiger partial charge on any atom is 0.497 e. The van der Waals surface area contributed by atoms with Crippen LogP contribution in [0.25, 0.3) is 0 Å². The molecule has 5 heteroatoms. The molecule has 0 radical (unpaired) electrons. The third-order valence-electron chi connectivity index (χ3n) is 3.90. The molecule has 0 heterocycles. The molecule has 27 heavy (non-hydrogen) atoms. The Kier molecular flexibility index (Phi) is 7.03. The van der Waals surface area contributed by atoms with Crippen LogP contribution in [0, 0.1) is 0 Å². The van der Waals surface area contributed by atoms with Gasteiger partial charge in [-0.2, -0.15) is 0 Å². The van der Waals surface area contributed by atoms with Gasteiger partial charge in [0, 0.05) is 16.3 Å². The molecule has 0 saturated heterocycles. The van der Waals surface area contributed by atoms with Crippen LogP contribution < -0.4 is 9.05 Å². The SMILES string of the molecule is CCCCc1ccccc1OP(=O)(Oc1ccccc1)Sc1ccccc1. The van der Waals surface area contributed by atoms with Gasteiger partial charge in [0.05, 0.1) is 0 Å². The van der Waals surface area contributed by atoms with Crippen LogP contribution in [0.5, 0.6) is 11.5 Å². The maximum atomic E-state index is 13.7. The van der Waals surface area contributed by atoms with E-state index in [0.29, 0.717) is 11.5 Å². The summed E-state index contributed by atoms with van der Waals surface area (Å²) in [5, 5.41) is 0. The molecule has 0 aliphatic carbocycles. The Morgan fingerprint density at radius 3 is 2.15 bits per heavy atom. The van der Waals surface area contributed by atoms with Gasteiger partial charge in [-0.05, 0) is 48.7 Å². The van der Waals surface area contributed by atoms with Gasteiger partial charge >= 0.3 is 6.80 Å². The van der Waals surface area contributed by atoms with Crippen LogP contribution >= 0.6 is 18.2 Å². The predicted molar refractivity (Wildman–Crippen MR) is 113 cm³/mol. The third-order valence-corrected chi connectivity index (χ3v) is 7.22. The molecule has 3 aromatic rings. The summed E-state index contributed by atoms with van der Waals surface area (Å²) in [6.07, 6.45) is 3.02. The van der Waals surface area contributed by atoms with E-state index in [4.69, 9.17) is 9.05 Å². The number of para-hydroxylation sites is 2. The average Bonchev–Trinajstić information content (AvgIpc) is 2.68. The van der Waals surface area contributed by atoms with Crippen molar-refractivity contribution in [3.8, 4) is 11.5 Å². The molecule has 0 spiro atoms. The fourth-order valence-electron chi connectivity index (χ4n) is 2.56. The van der Waals surface area contributed by atoms with Crippen molar-refractivity contribution in [2.24, 2.45) is 0 Å². The Morgan fingerprint density at radius 1 is 0.815 bits per heavy atom. The van der Waals surface area contributed by atoms with Gasteiger partial charge in [-0.25, -0.2) is 4.57 Å². The molecule has 0 saturated carbocycles. The highest BCUT2D eigenvalue weighted by Crippen LogP contribution is 2.62. The lowest BCUT2D eigenvalue weighted by molar-refractivity contribution is 0.406. The van der Waals surface area contributed by atoms with Gasteiger partial charge in [0.1, 0.15) is 11.5 Å². The Balaban J connectivity index is 1.89. The van der Waals surface area contributed by atoms with Gasteiger partial charge < -0.3 is 9.05 Å². The standard InChI is InChI=1S/C22H23O3PS/c1-2-3-12-19-13-10-11-18-22(19)25-26(23,24-20-14-6-4-7-15-20)27-21-16-8-5-9-17-21/h4-11,13-18H,2-3,12H2,1H3. The van der Waals surface area contributed by atoms with Crippen molar-refractivity contribution >= 4 is 18.2 Å². The third kappa shape index (κ3) is 5.92. The number of hydrogen-bond acceptors (Lipinski definition) is 4. The molecule has 3 nitrogen and oxygen atoms in total. The second-order valence-corrected chi connectivity index (χ2v) is 9.86. The van der Waals surface area contributed by atoms with Crippen LogP contribution in [0.15, 0.2) is 89.8 Å². The van der Waals surface area contributed by atoms with Gasteiger partial charge in [0.2, 0.25) is 0 Å². The lowest BCUT2D eigenvalue weighted by Gasteiger charge is -2.20. The van der Waals surface area contributed by atoms with Crippen LogP contribution in [-0.2, 0) is 11.0 Å². The molecule has 1 atom stereocenters. The summed E-state index contributed by atoms with van der Waals surface area (Å²) in [4.78, 5) is 0.836. The van der Waals surface area contributed by atoms with Gasteiger partial charge in [-0.1, -0.05) is 67.9 Å². The molecular formula is C22H23O3PS. The van der Waals surface area contributed by atoms with Gasteiger partial charge in [0.15, 0.2) is 0 Å². The molecule has 0 amide bonds. The topological polar surface area (TPSA) is 35.5 Å². The minimum Gasteiger partial charge on any atom is -0.408 e. The van der Waals surface area contributed by atoms with Gasteiger partial charge in [0.25, 0.3) is 0 Å². The Bertz CT molecular complexity index is 839. The van der Waals surface area contributed by atoms with Crippen LogP contribution in [0.3, 0.4) is 0 Å². The molecule has 1 unspecified atom stereocenters. The Hall–Kier alpha value is -2.16. The van der Waals surface area contributed by atoms with Crippen molar-refractivity contribution in [3.05, 3.63) is 90.5 Å². The zero-order valence-electron chi connectivity index (χ0n) is 15.3. The van der Waals surface area contributed by atoms with E-state index in [-0.39, 0.29) is 0 Å². The first-order chi connectivity index (χ1) is 13.2. The van der Waals surface area contributed by atoms with Crippen molar-refractivity contribution < 1.29 is 13.6 Å². The molecule has 0 fully saturated rings. The van der Waals surface area contributed by atoms with E-state index in [1.807, 2.05) is 72.8 Å². The lowest BCUT2D eigenvalue weighted by Crippen LogP contribution is -2.00. The van der Waals surface area contributed by atoms with E-state index >= 15 is 0 Å². The van der Waals surface area contributed by atoms with Crippen molar-refractivity contribution in [3.63, 3.8) is 0 Å². The summed E-state index contributed by atoms with van der Waals surface area (Å²) in [7, 11) is 0. The smallest absolute Gasteiger partial charge is 0.408 e. The number of hydrogen-bond donors (Lipinski definition) is 0. The summed E-state index contributed by atoms with van der Waals surface area (Å²) >= 11 is 1.12. The summed E-state index contributed by atoms with van der Waals surface area (Å²) in [5.74, 6) is 1.14. The monoisotopic (exact) mass is 398 g/mol. The van der Waals surface area contributed by atoms with Gasteiger partial charge in [-0.15, -0.1) is 0 Å². The fourth-order valence-corrected chi connectivity index (χ4v) is 5.87. The van der Waals surface area contributed by atoms with E-state index in [0.717, 1.165) is 41.1 Å². The number of rotatable bonds is 9. The Labute approximate surface area is 165 Å². The van der Waals surface area contributed by atoms with Crippen molar-refractivity contribution in [1.29, 1.82) is 0 Å². The van der Waals surface area contributed by atoms with Crippen LogP contribution in [0.2, 0.25) is 0 Å². The molecule has 0 N–H and O–H groups in total. The van der Waals surface area contributed by atoms with Crippen LogP contribution in [0.1, 0.15) is 25.3 Å². The molecule has 0 bridgehead atoms. The molecular weight excluding hydrogens is 375 g/mol. The summed E-state index contributed by atoms with van der Waals surface area (Å²) in [6.45, 7) is -1.38. The Morgan fingerprint density at radius 2 is 1.44 bits per heavy atom. The zero-order valence-corrected chi connectivity index (χ0v) is 17.0. The minimum atomic E-state index is -3.53. The lowest BCUT2D eigenvalue weighted by atomic mass is 10.1. The summed E-state index contributed by atoms with van der Waals surface area (Å²) in [6, 6.07) is 26.4. The summed E-state index contributed by atoms with van der Waals surface area (Å²) < 4.78 is 25.6. The number of aryl methyl sites for hydroxylation is 1. The molecule has 140 valence electrons. The van der Waals surface area contributed by atoms with E-state index < -0.39 is 6.80 Å². The quantitative estimate of drug-likeness (QED) is 0.352. The van der Waals surface area contributed by atoms with E-state index in [2.05, 4.69) is 6.92 Å². The first-order valence-electron chi connectivity index (χ1n) is 9.05. The second kappa shape index (κ2) is 9.68. The molecule has 0 aliphatic rings. The number of benzene rings is 3. The first-order valence-corrected chi connectivity index (χ1v) is 12.0. The molecule has 0 aliphatic heterocycles. The maximum absolute atomic E-state index is 13.7. The molecule has 0 aromatic heterocycles. The highest BCUT2D eigenvalue weighted by Gasteiger charge is 2.31. The predicted octanol–water partition coefficient (Wildman–Crippen LogP) is 7.39. The fraction of sp³-hybridized carbons (Fsp3) is 0.182. The van der Waals surface area contributed by atoms with Crippen molar-refractivity contribution in [2.75, 3.05) is 0 Å².